The van der Waals surface area contributed by atoms with Crippen LogP contribution in [0.3, 0.4) is 0 Å². The number of benzene rings is 2. The number of rotatable bonds is 5. The van der Waals surface area contributed by atoms with E-state index >= 15 is 0 Å². The number of amides is 1. The van der Waals surface area contributed by atoms with Gasteiger partial charge in [0.05, 0.1) is 6.04 Å². The monoisotopic (exact) mass is 325 g/mol. The van der Waals surface area contributed by atoms with Crippen LogP contribution in [0.1, 0.15) is 47.7 Å². The van der Waals surface area contributed by atoms with E-state index in [1.54, 1.807) is 6.92 Å². The Morgan fingerprint density at radius 2 is 1.50 bits per heavy atom. The SMILES string of the molecule is Cc1ccc(OC(C)C(=O)NC(C)c2cc(C)c(C)cc2C)cc1. The molecule has 0 saturated carbocycles. The quantitative estimate of drug-likeness (QED) is 0.875. The molecule has 24 heavy (non-hydrogen) atoms. The fourth-order valence-corrected chi connectivity index (χ4v) is 2.73. The van der Waals surface area contributed by atoms with Gasteiger partial charge < -0.3 is 10.1 Å². The van der Waals surface area contributed by atoms with Crippen molar-refractivity contribution in [1.29, 1.82) is 0 Å². The Morgan fingerprint density at radius 1 is 0.917 bits per heavy atom. The highest BCUT2D eigenvalue weighted by molar-refractivity contribution is 5.81. The summed E-state index contributed by atoms with van der Waals surface area (Å²) < 4.78 is 5.73. The first-order valence-electron chi connectivity index (χ1n) is 8.39. The molecule has 2 atom stereocenters. The maximum absolute atomic E-state index is 12.4. The number of nitrogens with one attached hydrogen (secondary N) is 1. The lowest BCUT2D eigenvalue weighted by Gasteiger charge is -2.21. The molecule has 128 valence electrons. The first kappa shape index (κ1) is 18.1. The Bertz CT molecular complexity index is 719. The summed E-state index contributed by atoms with van der Waals surface area (Å²) >= 11 is 0. The van der Waals surface area contributed by atoms with Crippen molar-refractivity contribution in [3.05, 3.63) is 64.2 Å². The standard InChI is InChI=1S/C21H27NO2/c1-13-7-9-19(10-8-13)24-18(6)21(23)22-17(5)20-12-15(3)14(2)11-16(20)4/h7-12,17-18H,1-6H3,(H,22,23). The topological polar surface area (TPSA) is 38.3 Å². The van der Waals surface area contributed by atoms with Crippen molar-refractivity contribution >= 4 is 5.91 Å². The van der Waals surface area contributed by atoms with Gasteiger partial charge in [0.25, 0.3) is 5.91 Å². The zero-order valence-corrected chi connectivity index (χ0v) is 15.4. The summed E-state index contributed by atoms with van der Waals surface area (Å²) in [6, 6.07) is 12.0. The second kappa shape index (κ2) is 7.52. The van der Waals surface area contributed by atoms with Gasteiger partial charge in [-0.05, 0) is 75.9 Å². The lowest BCUT2D eigenvalue weighted by atomic mass is 9.96. The van der Waals surface area contributed by atoms with Gasteiger partial charge >= 0.3 is 0 Å². The zero-order valence-electron chi connectivity index (χ0n) is 15.4. The number of hydrogen-bond acceptors (Lipinski definition) is 2. The van der Waals surface area contributed by atoms with Crippen LogP contribution in [-0.2, 0) is 4.79 Å². The van der Waals surface area contributed by atoms with Gasteiger partial charge in [-0.3, -0.25) is 4.79 Å². The van der Waals surface area contributed by atoms with Crippen LogP contribution in [-0.4, -0.2) is 12.0 Å². The van der Waals surface area contributed by atoms with Crippen molar-refractivity contribution in [2.75, 3.05) is 0 Å². The highest BCUT2D eigenvalue weighted by atomic mass is 16.5. The van der Waals surface area contributed by atoms with Gasteiger partial charge in [0.2, 0.25) is 0 Å². The first-order chi connectivity index (χ1) is 11.3. The van der Waals surface area contributed by atoms with E-state index in [4.69, 9.17) is 4.74 Å². The van der Waals surface area contributed by atoms with E-state index in [2.05, 4.69) is 38.2 Å². The van der Waals surface area contributed by atoms with Crippen molar-refractivity contribution in [1.82, 2.24) is 5.32 Å². The number of ether oxygens (including phenoxy) is 1. The molecular formula is C21H27NO2. The minimum absolute atomic E-state index is 0.0548. The van der Waals surface area contributed by atoms with Crippen LogP contribution in [0.4, 0.5) is 0 Å². The van der Waals surface area contributed by atoms with Crippen molar-refractivity contribution in [2.24, 2.45) is 0 Å². The molecule has 3 heteroatoms. The summed E-state index contributed by atoms with van der Waals surface area (Å²) in [6.45, 7) is 12.1. The third-order valence-electron chi connectivity index (χ3n) is 4.41. The average molecular weight is 325 g/mol. The van der Waals surface area contributed by atoms with Crippen LogP contribution in [0.15, 0.2) is 36.4 Å². The minimum Gasteiger partial charge on any atom is -0.481 e. The molecule has 0 aliphatic carbocycles. The lowest BCUT2D eigenvalue weighted by molar-refractivity contribution is -0.127. The van der Waals surface area contributed by atoms with Gasteiger partial charge in [-0.1, -0.05) is 29.8 Å². The summed E-state index contributed by atoms with van der Waals surface area (Å²) in [6.07, 6.45) is -0.540. The predicted molar refractivity (Wildman–Crippen MR) is 98.5 cm³/mol. The Kier molecular flexibility index (Phi) is 5.66. The maximum Gasteiger partial charge on any atom is 0.261 e. The van der Waals surface area contributed by atoms with Crippen LogP contribution in [0.25, 0.3) is 0 Å². The van der Waals surface area contributed by atoms with Gasteiger partial charge in [-0.15, -0.1) is 0 Å². The van der Waals surface area contributed by atoms with Gasteiger partial charge in [0.1, 0.15) is 5.75 Å². The molecule has 0 fully saturated rings. The van der Waals surface area contributed by atoms with Gasteiger partial charge in [0.15, 0.2) is 6.10 Å². The fraction of sp³-hybridized carbons (Fsp3) is 0.381. The van der Waals surface area contributed by atoms with Crippen molar-refractivity contribution < 1.29 is 9.53 Å². The van der Waals surface area contributed by atoms with E-state index in [1.807, 2.05) is 38.1 Å². The van der Waals surface area contributed by atoms with E-state index in [9.17, 15) is 4.79 Å². The lowest BCUT2D eigenvalue weighted by Crippen LogP contribution is -2.38. The molecule has 0 heterocycles. The summed E-state index contributed by atoms with van der Waals surface area (Å²) in [5.41, 5.74) is 6.01. The second-order valence-corrected chi connectivity index (χ2v) is 6.60. The van der Waals surface area contributed by atoms with E-state index in [0.717, 1.165) is 5.56 Å². The van der Waals surface area contributed by atoms with E-state index in [-0.39, 0.29) is 11.9 Å². The van der Waals surface area contributed by atoms with Gasteiger partial charge in [0, 0.05) is 0 Å². The number of hydrogen-bond donors (Lipinski definition) is 1. The maximum atomic E-state index is 12.4. The van der Waals surface area contributed by atoms with Gasteiger partial charge in [-0.25, -0.2) is 0 Å². The summed E-state index contributed by atoms with van der Waals surface area (Å²) in [4.78, 5) is 12.4. The molecule has 2 rings (SSSR count). The Balaban J connectivity index is 2.03. The molecule has 0 saturated heterocycles. The molecule has 0 bridgehead atoms. The number of aryl methyl sites for hydroxylation is 4. The van der Waals surface area contributed by atoms with Crippen LogP contribution in [0.5, 0.6) is 5.75 Å². The molecular weight excluding hydrogens is 298 g/mol. The van der Waals surface area contributed by atoms with Crippen molar-refractivity contribution in [3.8, 4) is 5.75 Å². The van der Waals surface area contributed by atoms with Crippen LogP contribution >= 0.6 is 0 Å². The van der Waals surface area contributed by atoms with E-state index in [1.165, 1.54) is 22.3 Å². The smallest absolute Gasteiger partial charge is 0.261 e. The van der Waals surface area contributed by atoms with Crippen molar-refractivity contribution in [3.63, 3.8) is 0 Å². The Hall–Kier alpha value is -2.29. The van der Waals surface area contributed by atoms with E-state index < -0.39 is 6.10 Å². The average Bonchev–Trinajstić information content (AvgIpc) is 2.52. The third-order valence-corrected chi connectivity index (χ3v) is 4.41. The molecule has 0 spiro atoms. The Labute approximate surface area is 145 Å². The highest BCUT2D eigenvalue weighted by Gasteiger charge is 2.19. The largest absolute Gasteiger partial charge is 0.481 e. The summed E-state index contributed by atoms with van der Waals surface area (Å²) in [5.74, 6) is 0.596. The highest BCUT2D eigenvalue weighted by Crippen LogP contribution is 2.22. The normalized spacial score (nSPS) is 13.2. The molecule has 3 nitrogen and oxygen atoms in total. The van der Waals surface area contributed by atoms with Crippen LogP contribution < -0.4 is 10.1 Å². The minimum atomic E-state index is -0.540. The Morgan fingerprint density at radius 3 is 2.12 bits per heavy atom. The molecule has 1 amide bonds. The zero-order chi connectivity index (χ0) is 17.9. The summed E-state index contributed by atoms with van der Waals surface area (Å²) in [7, 11) is 0. The van der Waals surface area contributed by atoms with Crippen LogP contribution in [0, 0.1) is 27.7 Å². The molecule has 2 unspecified atom stereocenters. The second-order valence-electron chi connectivity index (χ2n) is 6.60. The summed E-state index contributed by atoms with van der Waals surface area (Å²) in [5, 5.41) is 3.05. The fourth-order valence-electron chi connectivity index (χ4n) is 2.73. The molecule has 0 aliphatic heterocycles. The predicted octanol–water partition coefficient (Wildman–Crippen LogP) is 4.56. The molecule has 0 aromatic heterocycles. The molecule has 1 N–H and O–H groups in total. The third kappa shape index (κ3) is 4.38. The first-order valence-corrected chi connectivity index (χ1v) is 8.39. The van der Waals surface area contributed by atoms with Crippen LogP contribution in [0.2, 0.25) is 0 Å². The number of carbonyl (C=O) groups is 1. The molecule has 2 aromatic carbocycles. The number of carbonyl (C=O) groups excluding carboxylic acids is 1. The molecule has 2 aromatic rings. The van der Waals surface area contributed by atoms with Gasteiger partial charge in [-0.2, -0.15) is 0 Å². The van der Waals surface area contributed by atoms with Crippen molar-refractivity contribution in [2.45, 2.75) is 53.7 Å². The molecule has 0 radical (unpaired) electrons. The molecule has 0 aliphatic rings. The van der Waals surface area contributed by atoms with E-state index in [0.29, 0.717) is 5.75 Å².